The van der Waals surface area contributed by atoms with Crippen LogP contribution in [0.1, 0.15) is 41.6 Å². The number of pyridine rings is 1. The molecule has 0 aliphatic carbocycles. The molecule has 2 N–H and O–H groups in total. The van der Waals surface area contributed by atoms with E-state index < -0.39 is 0 Å². The van der Waals surface area contributed by atoms with Crippen molar-refractivity contribution in [3.63, 3.8) is 0 Å². The van der Waals surface area contributed by atoms with E-state index in [9.17, 15) is 10.1 Å². The van der Waals surface area contributed by atoms with Crippen LogP contribution < -0.4 is 20.1 Å². The van der Waals surface area contributed by atoms with Gasteiger partial charge in [0.1, 0.15) is 34.9 Å². The number of nitrogens with zero attached hydrogens (tertiary/aromatic N) is 2. The molecule has 2 aromatic carbocycles. The molecule has 0 radical (unpaired) electrons. The van der Waals surface area contributed by atoms with Crippen LogP contribution in [0, 0.1) is 11.3 Å². The summed E-state index contributed by atoms with van der Waals surface area (Å²) in [5.74, 6) is 1.54. The number of benzene rings is 2. The number of rotatable bonds is 7. The minimum absolute atomic E-state index is 0.0404. The van der Waals surface area contributed by atoms with Gasteiger partial charge in [0.15, 0.2) is 5.58 Å². The average Bonchev–Trinajstić information content (AvgIpc) is 3.46. The van der Waals surface area contributed by atoms with Gasteiger partial charge in [-0.15, -0.1) is 0 Å². The van der Waals surface area contributed by atoms with E-state index in [-0.39, 0.29) is 18.1 Å². The van der Waals surface area contributed by atoms with Crippen LogP contribution in [-0.2, 0) is 4.74 Å². The van der Waals surface area contributed by atoms with Crippen molar-refractivity contribution in [3.05, 3.63) is 65.9 Å². The number of carbonyl (C=O) groups is 1. The lowest BCUT2D eigenvalue weighted by Crippen LogP contribution is -2.45. The lowest BCUT2D eigenvalue weighted by atomic mass is 10.0. The van der Waals surface area contributed by atoms with Gasteiger partial charge in [-0.3, -0.25) is 9.78 Å². The molecule has 9 nitrogen and oxygen atoms in total. The van der Waals surface area contributed by atoms with Gasteiger partial charge in [0.2, 0.25) is 0 Å². The Morgan fingerprint density at radius 2 is 1.95 bits per heavy atom. The standard InChI is InChI=1S/C32H32N4O5/c1-38-29-16-21(32(37)36-23-3-2-11-34-19-23)4-6-26(29)30-17-27-31(41-30)25(8-12-35-27)20-5-7-28(22(15-20)18-33)40-24-9-13-39-14-10-24/h4-8,12,15-17,23-24,34H,2-3,9-11,13-14,19H2,1H3,(H,36,37)/t23-/m0/s1. The number of nitriles is 1. The predicted molar refractivity (Wildman–Crippen MR) is 154 cm³/mol. The number of aromatic nitrogens is 1. The Morgan fingerprint density at radius 3 is 2.73 bits per heavy atom. The Kier molecular flexibility index (Phi) is 7.85. The minimum Gasteiger partial charge on any atom is -0.496 e. The first-order chi connectivity index (χ1) is 20.1. The molecule has 0 bridgehead atoms. The van der Waals surface area contributed by atoms with Gasteiger partial charge in [-0.1, -0.05) is 6.07 Å². The van der Waals surface area contributed by atoms with Gasteiger partial charge in [-0.05, 0) is 61.3 Å². The fraction of sp³-hybridized carbons (Fsp3) is 0.344. The molecule has 9 heteroatoms. The molecule has 4 heterocycles. The molecule has 210 valence electrons. The third-order valence-corrected chi connectivity index (χ3v) is 7.65. The van der Waals surface area contributed by atoms with Crippen molar-refractivity contribution < 1.29 is 23.4 Å². The smallest absolute Gasteiger partial charge is 0.251 e. The first kappa shape index (κ1) is 26.8. The van der Waals surface area contributed by atoms with Crippen LogP contribution in [0.2, 0.25) is 0 Å². The molecule has 2 fully saturated rings. The number of piperidine rings is 1. The van der Waals surface area contributed by atoms with Crippen LogP contribution in [0.3, 0.4) is 0 Å². The number of fused-ring (bicyclic) bond motifs is 1. The van der Waals surface area contributed by atoms with Crippen LogP contribution in [-0.4, -0.2) is 56.5 Å². The maximum absolute atomic E-state index is 12.9. The highest BCUT2D eigenvalue weighted by Gasteiger charge is 2.21. The summed E-state index contributed by atoms with van der Waals surface area (Å²) in [6.45, 7) is 3.09. The maximum atomic E-state index is 12.9. The van der Waals surface area contributed by atoms with E-state index in [0.29, 0.717) is 58.3 Å². The lowest BCUT2D eigenvalue weighted by Gasteiger charge is -2.24. The normalized spacial score (nSPS) is 17.6. The fourth-order valence-electron chi connectivity index (χ4n) is 5.44. The molecule has 1 amide bonds. The summed E-state index contributed by atoms with van der Waals surface area (Å²) in [6.07, 6.45) is 5.38. The third kappa shape index (κ3) is 5.75. The molecule has 41 heavy (non-hydrogen) atoms. The molecule has 2 aliphatic heterocycles. The van der Waals surface area contributed by atoms with Crippen molar-refractivity contribution in [1.82, 2.24) is 15.6 Å². The predicted octanol–water partition coefficient (Wildman–Crippen LogP) is 5.08. The van der Waals surface area contributed by atoms with Crippen molar-refractivity contribution in [3.8, 4) is 40.0 Å². The van der Waals surface area contributed by atoms with E-state index in [0.717, 1.165) is 49.9 Å². The summed E-state index contributed by atoms with van der Waals surface area (Å²) in [6, 6.07) is 17.1. The Balaban J connectivity index is 1.28. The van der Waals surface area contributed by atoms with E-state index in [2.05, 4.69) is 21.7 Å². The second-order valence-corrected chi connectivity index (χ2v) is 10.4. The maximum Gasteiger partial charge on any atom is 0.251 e. The van der Waals surface area contributed by atoms with E-state index in [1.165, 1.54) is 0 Å². The van der Waals surface area contributed by atoms with Gasteiger partial charge in [0.05, 0.1) is 31.5 Å². The van der Waals surface area contributed by atoms with Crippen LogP contribution in [0.25, 0.3) is 33.6 Å². The summed E-state index contributed by atoms with van der Waals surface area (Å²) in [5, 5.41) is 16.3. The van der Waals surface area contributed by atoms with Crippen molar-refractivity contribution >= 4 is 17.0 Å². The zero-order chi connectivity index (χ0) is 28.2. The molecule has 2 saturated heterocycles. The molecule has 0 saturated carbocycles. The summed E-state index contributed by atoms with van der Waals surface area (Å²) in [4.78, 5) is 17.4. The zero-order valence-electron chi connectivity index (χ0n) is 22.9. The van der Waals surface area contributed by atoms with E-state index in [1.54, 1.807) is 25.4 Å². The first-order valence-corrected chi connectivity index (χ1v) is 14.0. The summed E-state index contributed by atoms with van der Waals surface area (Å²) in [7, 11) is 1.57. The largest absolute Gasteiger partial charge is 0.496 e. The molecule has 6 rings (SSSR count). The zero-order valence-corrected chi connectivity index (χ0v) is 22.9. The highest BCUT2D eigenvalue weighted by atomic mass is 16.5. The van der Waals surface area contributed by atoms with Gasteiger partial charge in [0.25, 0.3) is 5.91 Å². The molecule has 0 spiro atoms. The lowest BCUT2D eigenvalue weighted by molar-refractivity contribution is 0.0254. The van der Waals surface area contributed by atoms with Crippen LogP contribution in [0.4, 0.5) is 0 Å². The van der Waals surface area contributed by atoms with E-state index in [4.69, 9.17) is 18.6 Å². The van der Waals surface area contributed by atoms with Crippen molar-refractivity contribution in [1.29, 1.82) is 5.26 Å². The Labute approximate surface area is 238 Å². The Bertz CT molecular complexity index is 1600. The molecule has 4 aromatic rings. The summed E-state index contributed by atoms with van der Waals surface area (Å²) < 4.78 is 23.6. The second-order valence-electron chi connectivity index (χ2n) is 10.4. The number of hydrogen-bond donors (Lipinski definition) is 2. The average molecular weight is 553 g/mol. The van der Waals surface area contributed by atoms with Gasteiger partial charge >= 0.3 is 0 Å². The summed E-state index contributed by atoms with van der Waals surface area (Å²) in [5.41, 5.74) is 4.61. The second kappa shape index (κ2) is 12.0. The van der Waals surface area contributed by atoms with Crippen molar-refractivity contribution in [2.75, 3.05) is 33.4 Å². The summed E-state index contributed by atoms with van der Waals surface area (Å²) >= 11 is 0. The SMILES string of the molecule is COc1cc(C(=O)N[C@H]2CCCNC2)ccc1-c1cc2nccc(-c3ccc(OC4CCOCC4)c(C#N)c3)c2o1. The highest BCUT2D eigenvalue weighted by molar-refractivity contribution is 5.97. The molecule has 0 unspecified atom stereocenters. The van der Waals surface area contributed by atoms with Crippen LogP contribution in [0.5, 0.6) is 11.5 Å². The van der Waals surface area contributed by atoms with E-state index in [1.807, 2.05) is 36.4 Å². The number of amides is 1. The van der Waals surface area contributed by atoms with Gasteiger partial charge < -0.3 is 29.3 Å². The molecular weight excluding hydrogens is 520 g/mol. The van der Waals surface area contributed by atoms with Gasteiger partial charge in [0, 0.05) is 48.8 Å². The van der Waals surface area contributed by atoms with Gasteiger partial charge in [-0.25, -0.2) is 0 Å². The van der Waals surface area contributed by atoms with Crippen molar-refractivity contribution in [2.45, 2.75) is 37.8 Å². The number of ether oxygens (including phenoxy) is 3. The first-order valence-electron chi connectivity index (χ1n) is 14.0. The van der Waals surface area contributed by atoms with Crippen molar-refractivity contribution in [2.24, 2.45) is 0 Å². The molecule has 2 aliphatic rings. The number of hydrogen-bond acceptors (Lipinski definition) is 8. The molecular formula is C32H32N4O5. The number of carbonyl (C=O) groups excluding carboxylic acids is 1. The highest BCUT2D eigenvalue weighted by Crippen LogP contribution is 2.38. The Morgan fingerprint density at radius 1 is 1.07 bits per heavy atom. The fourth-order valence-corrected chi connectivity index (χ4v) is 5.44. The quantitative estimate of drug-likeness (QED) is 0.326. The number of nitrogens with one attached hydrogen (secondary N) is 2. The molecule has 2 aromatic heterocycles. The monoisotopic (exact) mass is 552 g/mol. The number of methoxy groups -OCH3 is 1. The molecule has 1 atom stereocenters. The van der Waals surface area contributed by atoms with E-state index >= 15 is 0 Å². The number of furan rings is 1. The third-order valence-electron chi connectivity index (χ3n) is 7.65. The van der Waals surface area contributed by atoms with Gasteiger partial charge in [-0.2, -0.15) is 5.26 Å². The topological polar surface area (TPSA) is 119 Å². The van der Waals surface area contributed by atoms with Crippen LogP contribution in [0.15, 0.2) is 59.1 Å². The Hall–Kier alpha value is -4.39. The minimum atomic E-state index is -0.130. The van der Waals surface area contributed by atoms with Crippen LogP contribution >= 0.6 is 0 Å².